The molecule has 0 amide bonds. The van der Waals surface area contributed by atoms with Crippen molar-refractivity contribution >= 4 is 21.9 Å². The minimum absolute atomic E-state index is 0.170. The Bertz CT molecular complexity index is 1070. The van der Waals surface area contributed by atoms with Crippen molar-refractivity contribution in [3.05, 3.63) is 66.1 Å². The van der Waals surface area contributed by atoms with E-state index in [-0.39, 0.29) is 11.8 Å². The van der Waals surface area contributed by atoms with Gasteiger partial charge in [-0.05, 0) is 30.2 Å². The van der Waals surface area contributed by atoms with Crippen LogP contribution in [0, 0.1) is 0 Å². The molecule has 1 atom stereocenters. The zero-order chi connectivity index (χ0) is 16.8. The molecular formula is C20H17N3O2. The summed E-state index contributed by atoms with van der Waals surface area (Å²) in [6, 6.07) is 15.7. The van der Waals surface area contributed by atoms with Gasteiger partial charge in [0.2, 0.25) is 0 Å². The predicted octanol–water partition coefficient (Wildman–Crippen LogP) is 3.60. The highest BCUT2D eigenvalue weighted by Crippen LogP contribution is 2.32. The number of benzene rings is 2. The Labute approximate surface area is 144 Å². The second-order valence-electron chi connectivity index (χ2n) is 6.45. The standard InChI is InChI=1S/C20H17N3O2/c24-15-7-5-13(6-8-15)9-14-11-25-12-19-22-18-10-21-17-4-2-1-3-16(17)20(18)23(14)19/h1-8,10,14,24H,9,11-12H2/t14-/m0/s1. The van der Waals surface area contributed by atoms with Crippen molar-refractivity contribution in [3.63, 3.8) is 0 Å². The molecule has 0 spiro atoms. The van der Waals surface area contributed by atoms with Crippen molar-refractivity contribution in [2.45, 2.75) is 19.1 Å². The summed E-state index contributed by atoms with van der Waals surface area (Å²) >= 11 is 0. The molecule has 0 bridgehead atoms. The van der Waals surface area contributed by atoms with Crippen LogP contribution in [0.1, 0.15) is 17.4 Å². The number of phenolic OH excluding ortho intramolecular Hbond substituents is 1. The molecule has 3 heterocycles. The van der Waals surface area contributed by atoms with Crippen LogP contribution < -0.4 is 0 Å². The Morgan fingerprint density at radius 1 is 1.08 bits per heavy atom. The zero-order valence-electron chi connectivity index (χ0n) is 13.6. The van der Waals surface area contributed by atoms with Crippen molar-refractivity contribution in [2.75, 3.05) is 6.61 Å². The number of hydrogen-bond donors (Lipinski definition) is 1. The van der Waals surface area contributed by atoms with Crippen LogP contribution in [0.4, 0.5) is 0 Å². The summed E-state index contributed by atoms with van der Waals surface area (Å²) in [4.78, 5) is 9.27. The Morgan fingerprint density at radius 2 is 1.92 bits per heavy atom. The van der Waals surface area contributed by atoms with Gasteiger partial charge in [-0.3, -0.25) is 4.98 Å². The molecule has 1 aliphatic heterocycles. The van der Waals surface area contributed by atoms with Gasteiger partial charge in [0, 0.05) is 5.39 Å². The summed E-state index contributed by atoms with van der Waals surface area (Å²) in [5, 5.41) is 10.6. The smallest absolute Gasteiger partial charge is 0.136 e. The van der Waals surface area contributed by atoms with Crippen LogP contribution in [-0.2, 0) is 17.8 Å². The fourth-order valence-corrected chi connectivity index (χ4v) is 3.68. The molecule has 5 heteroatoms. The number of pyridine rings is 1. The van der Waals surface area contributed by atoms with Crippen molar-refractivity contribution in [3.8, 4) is 5.75 Å². The minimum atomic E-state index is 0.170. The first-order chi connectivity index (χ1) is 12.3. The van der Waals surface area contributed by atoms with Crippen LogP contribution in [0.25, 0.3) is 21.9 Å². The largest absolute Gasteiger partial charge is 0.508 e. The third-order valence-corrected chi connectivity index (χ3v) is 4.81. The van der Waals surface area contributed by atoms with Crippen LogP contribution in [0.3, 0.4) is 0 Å². The van der Waals surface area contributed by atoms with E-state index in [0.29, 0.717) is 13.2 Å². The average molecular weight is 331 g/mol. The molecule has 4 aromatic rings. The maximum Gasteiger partial charge on any atom is 0.136 e. The van der Waals surface area contributed by atoms with E-state index in [4.69, 9.17) is 9.72 Å². The normalized spacial score (nSPS) is 17.0. The number of nitrogens with zero attached hydrogens (tertiary/aromatic N) is 3. The number of fused-ring (bicyclic) bond motifs is 5. The summed E-state index contributed by atoms with van der Waals surface area (Å²) in [6.45, 7) is 1.17. The van der Waals surface area contributed by atoms with Gasteiger partial charge >= 0.3 is 0 Å². The molecule has 1 N–H and O–H groups in total. The first-order valence-corrected chi connectivity index (χ1v) is 8.40. The maximum absolute atomic E-state index is 9.50. The number of aromatic hydroxyl groups is 1. The van der Waals surface area contributed by atoms with Crippen molar-refractivity contribution in [1.82, 2.24) is 14.5 Å². The highest BCUT2D eigenvalue weighted by atomic mass is 16.5. The highest BCUT2D eigenvalue weighted by Gasteiger charge is 2.25. The summed E-state index contributed by atoms with van der Waals surface area (Å²) in [5.41, 5.74) is 4.19. The highest BCUT2D eigenvalue weighted by molar-refractivity contribution is 6.02. The van der Waals surface area contributed by atoms with E-state index in [1.54, 1.807) is 12.1 Å². The quantitative estimate of drug-likeness (QED) is 0.610. The van der Waals surface area contributed by atoms with Gasteiger partial charge in [0.15, 0.2) is 0 Å². The van der Waals surface area contributed by atoms with Crippen LogP contribution in [0.15, 0.2) is 54.7 Å². The fourth-order valence-electron chi connectivity index (χ4n) is 3.68. The molecule has 0 saturated heterocycles. The lowest BCUT2D eigenvalue weighted by Gasteiger charge is -2.26. The Balaban J connectivity index is 1.68. The maximum atomic E-state index is 9.50. The first kappa shape index (κ1) is 14.4. The van der Waals surface area contributed by atoms with Gasteiger partial charge in [-0.25, -0.2) is 4.98 Å². The van der Waals surface area contributed by atoms with Crippen LogP contribution >= 0.6 is 0 Å². The Kier molecular flexibility index (Phi) is 3.21. The van der Waals surface area contributed by atoms with E-state index in [2.05, 4.69) is 15.6 Å². The Hall–Kier alpha value is -2.92. The topological polar surface area (TPSA) is 60.2 Å². The van der Waals surface area contributed by atoms with Gasteiger partial charge in [-0.15, -0.1) is 0 Å². The van der Waals surface area contributed by atoms with E-state index in [9.17, 15) is 5.11 Å². The van der Waals surface area contributed by atoms with Gasteiger partial charge in [-0.1, -0.05) is 30.3 Å². The number of hydrogen-bond acceptors (Lipinski definition) is 4. The van der Waals surface area contributed by atoms with E-state index >= 15 is 0 Å². The van der Waals surface area contributed by atoms with Gasteiger partial charge in [0.05, 0.1) is 29.9 Å². The van der Waals surface area contributed by atoms with E-state index < -0.39 is 0 Å². The number of aromatic nitrogens is 3. The van der Waals surface area contributed by atoms with Crippen molar-refractivity contribution in [2.24, 2.45) is 0 Å². The number of imidazole rings is 1. The van der Waals surface area contributed by atoms with Gasteiger partial charge in [-0.2, -0.15) is 0 Å². The van der Waals surface area contributed by atoms with E-state index in [0.717, 1.165) is 34.2 Å². The third kappa shape index (κ3) is 2.36. The molecule has 0 saturated carbocycles. The van der Waals surface area contributed by atoms with Crippen LogP contribution in [-0.4, -0.2) is 26.2 Å². The van der Waals surface area contributed by atoms with Gasteiger partial charge in [0.1, 0.15) is 23.7 Å². The molecule has 0 aliphatic carbocycles. The fraction of sp³-hybridized carbons (Fsp3) is 0.200. The van der Waals surface area contributed by atoms with Gasteiger partial charge < -0.3 is 14.4 Å². The van der Waals surface area contributed by atoms with Crippen molar-refractivity contribution < 1.29 is 9.84 Å². The molecule has 124 valence electrons. The van der Waals surface area contributed by atoms with Crippen molar-refractivity contribution in [1.29, 1.82) is 0 Å². The summed E-state index contributed by atoms with van der Waals surface area (Å²) in [6.07, 6.45) is 2.68. The SMILES string of the molecule is Oc1ccc(C[C@H]2COCc3nc4cnc5ccccc5c4n32)cc1. The first-order valence-electron chi connectivity index (χ1n) is 8.40. The number of phenols is 1. The molecule has 25 heavy (non-hydrogen) atoms. The molecular weight excluding hydrogens is 314 g/mol. The lowest BCUT2D eigenvalue weighted by atomic mass is 10.0. The molecule has 0 radical (unpaired) electrons. The zero-order valence-corrected chi connectivity index (χ0v) is 13.6. The molecule has 2 aromatic heterocycles. The second-order valence-corrected chi connectivity index (χ2v) is 6.45. The molecule has 5 rings (SSSR count). The molecule has 5 nitrogen and oxygen atoms in total. The number of rotatable bonds is 2. The second kappa shape index (κ2) is 5.57. The van der Waals surface area contributed by atoms with Gasteiger partial charge in [0.25, 0.3) is 0 Å². The monoisotopic (exact) mass is 331 g/mol. The lowest BCUT2D eigenvalue weighted by Crippen LogP contribution is -2.25. The van der Waals surface area contributed by atoms with E-state index in [1.807, 2.05) is 36.5 Å². The third-order valence-electron chi connectivity index (χ3n) is 4.81. The predicted molar refractivity (Wildman–Crippen MR) is 95.5 cm³/mol. The molecule has 0 unspecified atom stereocenters. The lowest BCUT2D eigenvalue weighted by molar-refractivity contribution is 0.0567. The number of para-hydroxylation sites is 1. The molecule has 1 aliphatic rings. The molecule has 2 aromatic carbocycles. The number of ether oxygens (including phenoxy) is 1. The summed E-state index contributed by atoms with van der Waals surface area (Å²) in [7, 11) is 0. The summed E-state index contributed by atoms with van der Waals surface area (Å²) < 4.78 is 8.11. The van der Waals surface area contributed by atoms with E-state index in [1.165, 1.54) is 5.56 Å². The minimum Gasteiger partial charge on any atom is -0.508 e. The average Bonchev–Trinajstić information content (AvgIpc) is 3.04. The molecule has 0 fully saturated rings. The Morgan fingerprint density at radius 3 is 2.80 bits per heavy atom. The van der Waals surface area contributed by atoms with Crippen LogP contribution in [0.5, 0.6) is 5.75 Å². The summed E-state index contributed by atoms with van der Waals surface area (Å²) in [5.74, 6) is 1.23. The van der Waals surface area contributed by atoms with Crippen LogP contribution in [0.2, 0.25) is 0 Å².